The molecule has 0 saturated carbocycles. The van der Waals surface area contributed by atoms with Crippen LogP contribution in [-0.2, 0) is 13.1 Å². The maximum absolute atomic E-state index is 6.28. The van der Waals surface area contributed by atoms with Gasteiger partial charge in [0.1, 0.15) is 5.69 Å². The van der Waals surface area contributed by atoms with Crippen LogP contribution in [0.3, 0.4) is 0 Å². The number of para-hydroxylation sites is 1. The lowest BCUT2D eigenvalue weighted by molar-refractivity contribution is 0.598. The van der Waals surface area contributed by atoms with Gasteiger partial charge in [-0.3, -0.25) is 4.68 Å². The summed E-state index contributed by atoms with van der Waals surface area (Å²) in [7, 11) is 0. The van der Waals surface area contributed by atoms with E-state index in [0.29, 0.717) is 18.1 Å². The fourth-order valence-corrected chi connectivity index (χ4v) is 2.56. The molecular formula is C13H15ClN6. The Morgan fingerprint density at radius 2 is 2.20 bits per heavy atom. The summed E-state index contributed by atoms with van der Waals surface area (Å²) in [5.41, 5.74) is 8.04. The van der Waals surface area contributed by atoms with Crippen molar-refractivity contribution in [2.75, 3.05) is 6.54 Å². The second kappa shape index (κ2) is 5.22. The van der Waals surface area contributed by atoms with E-state index in [9.17, 15) is 0 Å². The summed E-state index contributed by atoms with van der Waals surface area (Å²) in [5.74, 6) is 0.777. The van der Waals surface area contributed by atoms with Gasteiger partial charge in [0.2, 0.25) is 0 Å². The van der Waals surface area contributed by atoms with Crippen molar-refractivity contribution in [2.24, 2.45) is 5.73 Å². The number of hydrogen-bond donors (Lipinski definition) is 1. The summed E-state index contributed by atoms with van der Waals surface area (Å²) in [4.78, 5) is 4.62. The van der Waals surface area contributed by atoms with E-state index in [1.807, 2.05) is 24.4 Å². The first-order valence-corrected chi connectivity index (χ1v) is 6.87. The first kappa shape index (κ1) is 13.1. The Bertz CT molecular complexity index is 744. The molecule has 0 bridgehead atoms. The van der Waals surface area contributed by atoms with Crippen molar-refractivity contribution in [1.29, 1.82) is 0 Å². The maximum Gasteiger partial charge on any atom is 0.163 e. The average Bonchev–Trinajstić information content (AvgIpc) is 3.03. The van der Waals surface area contributed by atoms with Crippen molar-refractivity contribution in [3.05, 3.63) is 29.4 Å². The van der Waals surface area contributed by atoms with Gasteiger partial charge in [-0.25, -0.2) is 4.98 Å². The highest BCUT2D eigenvalue weighted by molar-refractivity contribution is 6.35. The van der Waals surface area contributed by atoms with Crippen molar-refractivity contribution < 1.29 is 0 Å². The molecule has 6 nitrogen and oxygen atoms in total. The lowest BCUT2D eigenvalue weighted by atomic mass is 10.3. The fraction of sp³-hybridized carbons (Fsp3) is 0.308. The van der Waals surface area contributed by atoms with Gasteiger partial charge in [0.15, 0.2) is 5.82 Å². The van der Waals surface area contributed by atoms with E-state index in [2.05, 4.69) is 26.8 Å². The number of imidazole rings is 1. The summed E-state index contributed by atoms with van der Waals surface area (Å²) in [6.45, 7) is 3.98. The van der Waals surface area contributed by atoms with Crippen LogP contribution in [0.25, 0.3) is 22.6 Å². The highest BCUT2D eigenvalue weighted by atomic mass is 35.5. The summed E-state index contributed by atoms with van der Waals surface area (Å²) in [5, 5.41) is 8.91. The van der Waals surface area contributed by atoms with Crippen molar-refractivity contribution >= 4 is 22.6 Å². The summed E-state index contributed by atoms with van der Waals surface area (Å²) >= 11 is 6.28. The number of nitrogens with zero attached hydrogens (tertiary/aromatic N) is 5. The Morgan fingerprint density at radius 1 is 1.35 bits per heavy atom. The summed E-state index contributed by atoms with van der Waals surface area (Å²) in [6.07, 6.45) is 1.86. The number of aryl methyl sites for hydroxylation is 1. The molecule has 0 atom stereocenters. The van der Waals surface area contributed by atoms with E-state index in [1.54, 1.807) is 4.68 Å². The fourth-order valence-electron chi connectivity index (χ4n) is 2.29. The molecule has 2 heterocycles. The third-order valence-corrected chi connectivity index (χ3v) is 3.46. The molecule has 0 spiro atoms. The summed E-state index contributed by atoms with van der Waals surface area (Å²) < 4.78 is 3.77. The van der Waals surface area contributed by atoms with Gasteiger partial charge in [0, 0.05) is 13.1 Å². The van der Waals surface area contributed by atoms with Crippen LogP contribution >= 0.6 is 11.6 Å². The average molecular weight is 291 g/mol. The molecular weight excluding hydrogens is 276 g/mol. The molecule has 104 valence electrons. The third-order valence-electron chi connectivity index (χ3n) is 3.16. The molecule has 7 heteroatoms. The van der Waals surface area contributed by atoms with Gasteiger partial charge < -0.3 is 10.3 Å². The minimum absolute atomic E-state index is 0.527. The van der Waals surface area contributed by atoms with Crippen LogP contribution in [0, 0.1) is 0 Å². The van der Waals surface area contributed by atoms with Crippen molar-refractivity contribution in [3.63, 3.8) is 0 Å². The lowest BCUT2D eigenvalue weighted by Gasteiger charge is -2.04. The Hall–Kier alpha value is -1.92. The van der Waals surface area contributed by atoms with Crippen LogP contribution in [0.15, 0.2) is 24.4 Å². The molecule has 2 N–H and O–H groups in total. The van der Waals surface area contributed by atoms with Gasteiger partial charge in [-0.05, 0) is 19.1 Å². The topological polar surface area (TPSA) is 74.5 Å². The van der Waals surface area contributed by atoms with Crippen LogP contribution < -0.4 is 5.73 Å². The van der Waals surface area contributed by atoms with E-state index in [-0.39, 0.29) is 0 Å². The smallest absolute Gasteiger partial charge is 0.163 e. The van der Waals surface area contributed by atoms with E-state index in [0.717, 1.165) is 29.1 Å². The molecule has 3 aromatic rings. The first-order chi connectivity index (χ1) is 9.74. The molecule has 2 aromatic heterocycles. The van der Waals surface area contributed by atoms with Crippen molar-refractivity contribution in [2.45, 2.75) is 20.0 Å². The number of benzene rings is 1. The first-order valence-electron chi connectivity index (χ1n) is 6.50. The normalized spacial score (nSPS) is 11.3. The number of aromatic nitrogens is 5. The molecule has 0 radical (unpaired) electrons. The molecule has 0 amide bonds. The highest BCUT2D eigenvalue weighted by Gasteiger charge is 2.16. The summed E-state index contributed by atoms with van der Waals surface area (Å²) in [6, 6.07) is 5.71. The van der Waals surface area contributed by atoms with Gasteiger partial charge in [-0.2, -0.15) is 0 Å². The maximum atomic E-state index is 6.28. The number of fused-ring (bicyclic) bond motifs is 1. The predicted octanol–water partition coefficient (Wildman–Crippen LogP) is 1.93. The molecule has 1 aromatic carbocycles. The Balaban J connectivity index is 2.17. The predicted molar refractivity (Wildman–Crippen MR) is 78.5 cm³/mol. The molecule has 0 unspecified atom stereocenters. The minimum Gasteiger partial charge on any atom is -0.329 e. The van der Waals surface area contributed by atoms with E-state index >= 15 is 0 Å². The second-order valence-electron chi connectivity index (χ2n) is 4.44. The third kappa shape index (κ3) is 2.07. The van der Waals surface area contributed by atoms with Crippen molar-refractivity contribution in [3.8, 4) is 11.5 Å². The monoisotopic (exact) mass is 290 g/mol. The van der Waals surface area contributed by atoms with E-state index in [1.165, 1.54) is 0 Å². The lowest BCUT2D eigenvalue weighted by Crippen LogP contribution is -2.10. The van der Waals surface area contributed by atoms with Gasteiger partial charge in [-0.1, -0.05) is 22.9 Å². The van der Waals surface area contributed by atoms with Gasteiger partial charge >= 0.3 is 0 Å². The zero-order valence-electron chi connectivity index (χ0n) is 11.1. The van der Waals surface area contributed by atoms with Gasteiger partial charge in [0.05, 0.1) is 28.8 Å². The molecule has 0 aliphatic rings. The van der Waals surface area contributed by atoms with Crippen LogP contribution in [0.4, 0.5) is 0 Å². The number of nitrogens with two attached hydrogens (primary N) is 1. The number of hydrogen-bond acceptors (Lipinski definition) is 4. The number of rotatable bonds is 4. The standard InChI is InChI=1S/C13H15ClN6/c1-2-20-12-9(14)4-3-5-10(12)16-13(20)11-8-19(7-6-15)18-17-11/h3-5,8H,2,6-7,15H2,1H3. The van der Waals surface area contributed by atoms with Crippen LogP contribution in [-0.4, -0.2) is 31.1 Å². The molecule has 0 aliphatic heterocycles. The minimum atomic E-state index is 0.527. The number of halogens is 1. The zero-order valence-corrected chi connectivity index (χ0v) is 11.9. The Kier molecular flexibility index (Phi) is 3.42. The molecule has 0 aliphatic carbocycles. The van der Waals surface area contributed by atoms with E-state index in [4.69, 9.17) is 17.3 Å². The largest absolute Gasteiger partial charge is 0.329 e. The molecule has 20 heavy (non-hydrogen) atoms. The highest BCUT2D eigenvalue weighted by Crippen LogP contribution is 2.28. The van der Waals surface area contributed by atoms with Gasteiger partial charge in [-0.15, -0.1) is 5.10 Å². The molecule has 3 rings (SSSR count). The van der Waals surface area contributed by atoms with Crippen LogP contribution in [0.2, 0.25) is 5.02 Å². The Labute approximate surface area is 121 Å². The van der Waals surface area contributed by atoms with E-state index < -0.39 is 0 Å². The quantitative estimate of drug-likeness (QED) is 0.797. The zero-order chi connectivity index (χ0) is 14.1. The SMILES string of the molecule is CCn1c(-c2cn(CCN)nn2)nc2cccc(Cl)c21. The van der Waals surface area contributed by atoms with Gasteiger partial charge in [0.25, 0.3) is 0 Å². The Morgan fingerprint density at radius 3 is 2.95 bits per heavy atom. The van der Waals surface area contributed by atoms with Crippen LogP contribution in [0.1, 0.15) is 6.92 Å². The van der Waals surface area contributed by atoms with Crippen molar-refractivity contribution in [1.82, 2.24) is 24.5 Å². The van der Waals surface area contributed by atoms with Crippen LogP contribution in [0.5, 0.6) is 0 Å². The second-order valence-corrected chi connectivity index (χ2v) is 4.85. The molecule has 0 fully saturated rings. The molecule has 0 saturated heterocycles.